The minimum atomic E-state index is -1.92. The molecule has 0 spiro atoms. The molecule has 1 amide bonds. The SMILES string of the molecule is O=C(Oc1cccc(C=NNC(=O)C(O)(c2ccccc2)c2ccccc2)c1)c1cccs1. The van der Waals surface area contributed by atoms with Gasteiger partial charge in [-0.05, 0) is 40.3 Å². The second-order valence-corrected chi connectivity index (χ2v) is 8.03. The van der Waals surface area contributed by atoms with Gasteiger partial charge >= 0.3 is 5.97 Å². The summed E-state index contributed by atoms with van der Waals surface area (Å²) in [6, 6.07) is 27.6. The lowest BCUT2D eigenvalue weighted by molar-refractivity contribution is -0.136. The number of nitrogens with zero attached hydrogens (tertiary/aromatic N) is 1. The third-order valence-corrected chi connectivity index (χ3v) is 5.73. The summed E-state index contributed by atoms with van der Waals surface area (Å²) in [7, 11) is 0. The smallest absolute Gasteiger partial charge is 0.353 e. The predicted octanol–water partition coefficient (Wildman–Crippen LogP) is 4.35. The Morgan fingerprint density at radius 3 is 2.15 bits per heavy atom. The second-order valence-electron chi connectivity index (χ2n) is 7.08. The minimum Gasteiger partial charge on any atom is -0.422 e. The molecule has 0 atom stereocenters. The number of carbonyl (C=O) groups excluding carboxylic acids is 2. The monoisotopic (exact) mass is 456 g/mol. The topological polar surface area (TPSA) is 88.0 Å². The fourth-order valence-corrected chi connectivity index (χ4v) is 3.84. The van der Waals surface area contributed by atoms with Gasteiger partial charge in [0.05, 0.1) is 6.21 Å². The Bertz CT molecular complexity index is 1220. The Hall–Kier alpha value is -4.07. The molecular formula is C26H20N2O4S. The molecule has 0 fully saturated rings. The maximum atomic E-state index is 13.1. The van der Waals surface area contributed by atoms with E-state index in [2.05, 4.69) is 10.5 Å². The van der Waals surface area contributed by atoms with Crippen molar-refractivity contribution in [1.29, 1.82) is 0 Å². The number of hydrazone groups is 1. The zero-order chi connectivity index (χ0) is 23.1. The first-order valence-electron chi connectivity index (χ1n) is 10.1. The molecule has 0 radical (unpaired) electrons. The first kappa shape index (κ1) is 22.1. The lowest BCUT2D eigenvalue weighted by Gasteiger charge is -2.27. The number of hydrogen-bond acceptors (Lipinski definition) is 6. The summed E-state index contributed by atoms with van der Waals surface area (Å²) in [5, 5.41) is 17.2. The molecule has 6 nitrogen and oxygen atoms in total. The number of ether oxygens (including phenoxy) is 1. The third-order valence-electron chi connectivity index (χ3n) is 4.88. The van der Waals surface area contributed by atoms with Crippen molar-refractivity contribution >= 4 is 29.4 Å². The zero-order valence-electron chi connectivity index (χ0n) is 17.4. The van der Waals surface area contributed by atoms with Gasteiger partial charge < -0.3 is 9.84 Å². The van der Waals surface area contributed by atoms with Crippen LogP contribution in [0.5, 0.6) is 5.75 Å². The summed E-state index contributed by atoms with van der Waals surface area (Å²) in [5.41, 5.74) is 1.96. The van der Waals surface area contributed by atoms with Gasteiger partial charge in [0.1, 0.15) is 10.6 Å². The van der Waals surface area contributed by atoms with E-state index in [1.165, 1.54) is 17.6 Å². The Labute approximate surface area is 194 Å². The van der Waals surface area contributed by atoms with Crippen LogP contribution >= 0.6 is 11.3 Å². The number of esters is 1. The highest BCUT2D eigenvalue weighted by atomic mass is 32.1. The first-order chi connectivity index (χ1) is 16.1. The number of amides is 1. The number of benzene rings is 3. The van der Waals surface area contributed by atoms with Crippen LogP contribution in [-0.2, 0) is 10.4 Å². The molecule has 0 bridgehead atoms. The second kappa shape index (κ2) is 10.0. The van der Waals surface area contributed by atoms with Crippen molar-refractivity contribution in [3.8, 4) is 5.75 Å². The van der Waals surface area contributed by atoms with Gasteiger partial charge in [-0.3, -0.25) is 4.79 Å². The van der Waals surface area contributed by atoms with Gasteiger partial charge in [-0.2, -0.15) is 5.10 Å². The van der Waals surface area contributed by atoms with Crippen LogP contribution in [0.25, 0.3) is 0 Å². The van der Waals surface area contributed by atoms with Crippen LogP contribution in [0.1, 0.15) is 26.4 Å². The summed E-state index contributed by atoms with van der Waals surface area (Å²) in [5.74, 6) is -0.784. The molecule has 0 saturated heterocycles. The van der Waals surface area contributed by atoms with Gasteiger partial charge in [0, 0.05) is 0 Å². The molecule has 3 aromatic carbocycles. The van der Waals surface area contributed by atoms with Crippen molar-refractivity contribution in [1.82, 2.24) is 5.43 Å². The molecule has 2 N–H and O–H groups in total. The number of carbonyl (C=O) groups is 2. The highest BCUT2D eigenvalue weighted by Gasteiger charge is 2.39. The van der Waals surface area contributed by atoms with Crippen LogP contribution in [0, 0.1) is 0 Å². The quantitative estimate of drug-likeness (QED) is 0.187. The van der Waals surface area contributed by atoms with Gasteiger partial charge in [0.2, 0.25) is 0 Å². The molecule has 0 aliphatic carbocycles. The number of aliphatic hydroxyl groups is 1. The Morgan fingerprint density at radius 1 is 0.879 bits per heavy atom. The predicted molar refractivity (Wildman–Crippen MR) is 127 cm³/mol. The average Bonchev–Trinajstić information content (AvgIpc) is 3.40. The van der Waals surface area contributed by atoms with Crippen molar-refractivity contribution in [2.75, 3.05) is 0 Å². The van der Waals surface area contributed by atoms with Crippen LogP contribution in [0.15, 0.2) is 108 Å². The molecule has 33 heavy (non-hydrogen) atoms. The summed E-state index contributed by atoms with van der Waals surface area (Å²) < 4.78 is 5.38. The lowest BCUT2D eigenvalue weighted by Crippen LogP contribution is -2.43. The molecule has 0 aliphatic rings. The molecular weight excluding hydrogens is 436 g/mol. The van der Waals surface area contributed by atoms with Crippen LogP contribution in [0.2, 0.25) is 0 Å². The first-order valence-corrected chi connectivity index (χ1v) is 11.0. The van der Waals surface area contributed by atoms with Crippen molar-refractivity contribution in [2.24, 2.45) is 5.10 Å². The van der Waals surface area contributed by atoms with Gasteiger partial charge in [0.25, 0.3) is 5.91 Å². The van der Waals surface area contributed by atoms with E-state index in [1.54, 1.807) is 90.3 Å². The van der Waals surface area contributed by atoms with E-state index < -0.39 is 17.5 Å². The summed E-state index contributed by atoms with van der Waals surface area (Å²) in [4.78, 5) is 25.7. The number of rotatable bonds is 7. The third kappa shape index (κ3) is 5.06. The van der Waals surface area contributed by atoms with Crippen molar-refractivity contribution in [3.63, 3.8) is 0 Å². The molecule has 164 valence electrons. The maximum absolute atomic E-state index is 13.1. The summed E-state index contributed by atoms with van der Waals surface area (Å²) >= 11 is 1.30. The Balaban J connectivity index is 1.50. The van der Waals surface area contributed by atoms with Crippen molar-refractivity contribution in [3.05, 3.63) is 124 Å². The van der Waals surface area contributed by atoms with Crippen LogP contribution in [0.3, 0.4) is 0 Å². The van der Waals surface area contributed by atoms with Crippen molar-refractivity contribution < 1.29 is 19.4 Å². The van der Waals surface area contributed by atoms with Gasteiger partial charge in [-0.25, -0.2) is 10.2 Å². The van der Waals surface area contributed by atoms with Crippen LogP contribution in [-0.4, -0.2) is 23.2 Å². The van der Waals surface area contributed by atoms with Crippen molar-refractivity contribution in [2.45, 2.75) is 5.60 Å². The molecule has 1 aromatic heterocycles. The maximum Gasteiger partial charge on any atom is 0.353 e. The normalized spacial score (nSPS) is 11.3. The van der Waals surface area contributed by atoms with Gasteiger partial charge in [0.15, 0.2) is 5.60 Å². The number of thiophene rings is 1. The fraction of sp³-hybridized carbons (Fsp3) is 0.0385. The highest BCUT2D eigenvalue weighted by Crippen LogP contribution is 2.29. The van der Waals surface area contributed by atoms with E-state index in [-0.39, 0.29) is 0 Å². The van der Waals surface area contributed by atoms with Crippen LogP contribution in [0.4, 0.5) is 0 Å². The molecule has 0 saturated carbocycles. The van der Waals surface area contributed by atoms with E-state index in [9.17, 15) is 14.7 Å². The summed E-state index contributed by atoms with van der Waals surface area (Å²) in [6.07, 6.45) is 1.41. The van der Waals surface area contributed by atoms with Gasteiger partial charge in [-0.1, -0.05) is 78.9 Å². The Kier molecular flexibility index (Phi) is 6.73. The molecule has 7 heteroatoms. The summed E-state index contributed by atoms with van der Waals surface area (Å²) in [6.45, 7) is 0. The molecule has 4 rings (SSSR count). The van der Waals surface area contributed by atoms with E-state index in [0.717, 1.165) is 0 Å². The zero-order valence-corrected chi connectivity index (χ0v) is 18.2. The molecule has 0 unspecified atom stereocenters. The van der Waals surface area contributed by atoms with E-state index in [0.29, 0.717) is 27.3 Å². The number of nitrogens with one attached hydrogen (secondary N) is 1. The van der Waals surface area contributed by atoms with Gasteiger partial charge in [-0.15, -0.1) is 11.3 Å². The Morgan fingerprint density at radius 2 is 1.55 bits per heavy atom. The average molecular weight is 457 g/mol. The molecule has 1 heterocycles. The fourth-order valence-electron chi connectivity index (χ4n) is 3.24. The van der Waals surface area contributed by atoms with E-state index in [1.807, 2.05) is 12.1 Å². The highest BCUT2D eigenvalue weighted by molar-refractivity contribution is 7.12. The number of hydrogen-bond donors (Lipinski definition) is 2. The largest absolute Gasteiger partial charge is 0.422 e. The molecule has 0 aliphatic heterocycles. The lowest BCUT2D eigenvalue weighted by atomic mass is 9.85. The standard InChI is InChI=1S/C26H20N2O4S/c29-24(23-15-8-16-33-23)32-22-14-7-9-19(17-22)18-27-28-25(30)26(31,20-10-3-1-4-11-20)21-12-5-2-6-13-21/h1-18,31H,(H,28,30). The van der Waals surface area contributed by atoms with E-state index in [4.69, 9.17) is 4.74 Å². The molecule has 4 aromatic rings. The van der Waals surface area contributed by atoms with E-state index >= 15 is 0 Å². The van der Waals surface area contributed by atoms with Crippen LogP contribution < -0.4 is 10.2 Å². The minimum absolute atomic E-state index is 0.355.